The Morgan fingerprint density at radius 1 is 1.30 bits per heavy atom. The number of hydrogen-bond donors (Lipinski definition) is 2. The number of carbonyl (C=O) groups is 1. The smallest absolute Gasteiger partial charge is 0.221 e. The van der Waals surface area contributed by atoms with Gasteiger partial charge in [0.15, 0.2) is 0 Å². The monoisotopic (exact) mass is 298 g/mol. The Hall–Kier alpha value is -0.910. The number of amides is 1. The summed E-state index contributed by atoms with van der Waals surface area (Å²) >= 11 is 1.84. The molecule has 114 valence electrons. The summed E-state index contributed by atoms with van der Waals surface area (Å²) in [4.78, 5) is 14.2. The van der Waals surface area contributed by atoms with Crippen molar-refractivity contribution in [1.82, 2.24) is 10.6 Å². The van der Waals surface area contributed by atoms with E-state index in [-0.39, 0.29) is 11.3 Å². The summed E-state index contributed by atoms with van der Waals surface area (Å²) in [5.74, 6) is 0.0658. The molecule has 1 heterocycles. The third kappa shape index (κ3) is 6.50. The minimum absolute atomic E-state index is 0.0658. The molecule has 0 saturated carbocycles. The highest BCUT2D eigenvalue weighted by atomic mass is 32.1. The lowest BCUT2D eigenvalue weighted by Gasteiger charge is -2.15. The summed E-state index contributed by atoms with van der Waals surface area (Å²) < 4.78 is 4.88. The number of rotatable bonds is 8. The van der Waals surface area contributed by atoms with Crippen molar-refractivity contribution in [3.05, 3.63) is 21.9 Å². The van der Waals surface area contributed by atoms with E-state index in [0.717, 1.165) is 6.54 Å². The van der Waals surface area contributed by atoms with Gasteiger partial charge in [0.2, 0.25) is 5.91 Å². The summed E-state index contributed by atoms with van der Waals surface area (Å²) in [5.41, 5.74) is 0.212. The van der Waals surface area contributed by atoms with Crippen LogP contribution in [-0.2, 0) is 21.5 Å². The van der Waals surface area contributed by atoms with Gasteiger partial charge in [0, 0.05) is 42.9 Å². The van der Waals surface area contributed by atoms with Crippen molar-refractivity contribution in [2.75, 3.05) is 26.8 Å². The first kappa shape index (κ1) is 17.1. The van der Waals surface area contributed by atoms with E-state index in [1.54, 1.807) is 7.11 Å². The van der Waals surface area contributed by atoms with Crippen LogP contribution in [0.4, 0.5) is 0 Å². The molecule has 0 atom stereocenters. The molecule has 20 heavy (non-hydrogen) atoms. The average Bonchev–Trinajstić information content (AvgIpc) is 2.83. The second-order valence-corrected chi connectivity index (χ2v) is 6.95. The highest BCUT2D eigenvalue weighted by molar-refractivity contribution is 7.12. The van der Waals surface area contributed by atoms with E-state index in [9.17, 15) is 4.79 Å². The molecular weight excluding hydrogens is 272 g/mol. The van der Waals surface area contributed by atoms with Crippen molar-refractivity contribution in [3.8, 4) is 0 Å². The molecular formula is C15H26N2O2S. The van der Waals surface area contributed by atoms with Crippen LogP contribution in [0, 0.1) is 0 Å². The molecule has 1 aromatic rings. The first-order chi connectivity index (χ1) is 9.43. The first-order valence-electron chi connectivity index (χ1n) is 6.99. The Labute approximate surface area is 125 Å². The zero-order valence-electron chi connectivity index (χ0n) is 12.9. The second kappa shape index (κ2) is 8.39. The maximum atomic E-state index is 11.5. The molecule has 0 aromatic carbocycles. The van der Waals surface area contributed by atoms with Gasteiger partial charge in [0.05, 0.1) is 6.61 Å². The van der Waals surface area contributed by atoms with Crippen LogP contribution in [-0.4, -0.2) is 32.7 Å². The average molecular weight is 298 g/mol. The number of hydrogen-bond acceptors (Lipinski definition) is 4. The van der Waals surface area contributed by atoms with Crippen LogP contribution in [0.3, 0.4) is 0 Å². The lowest BCUT2D eigenvalue weighted by Crippen LogP contribution is -2.29. The molecule has 0 aliphatic rings. The highest BCUT2D eigenvalue weighted by Crippen LogP contribution is 2.29. The molecule has 0 radical (unpaired) electrons. The Kier molecular flexibility index (Phi) is 7.19. The molecule has 1 amide bonds. The molecule has 0 spiro atoms. The predicted molar refractivity (Wildman–Crippen MR) is 84.2 cm³/mol. The van der Waals surface area contributed by atoms with Crippen molar-refractivity contribution in [1.29, 1.82) is 0 Å². The summed E-state index contributed by atoms with van der Waals surface area (Å²) in [6.07, 6.45) is 0.501. The topological polar surface area (TPSA) is 50.4 Å². The fourth-order valence-corrected chi connectivity index (χ4v) is 2.71. The molecule has 0 bridgehead atoms. The predicted octanol–water partition coefficient (Wildman–Crippen LogP) is 2.29. The van der Waals surface area contributed by atoms with Crippen LogP contribution in [0.5, 0.6) is 0 Å². The molecule has 4 nitrogen and oxygen atoms in total. The third-order valence-corrected chi connectivity index (χ3v) is 4.37. The fraction of sp³-hybridized carbons (Fsp3) is 0.667. The fourth-order valence-electron chi connectivity index (χ4n) is 1.67. The van der Waals surface area contributed by atoms with E-state index in [0.29, 0.717) is 26.1 Å². The zero-order chi connectivity index (χ0) is 15.0. The lowest BCUT2D eigenvalue weighted by atomic mass is 9.95. The summed E-state index contributed by atoms with van der Waals surface area (Å²) in [7, 11) is 1.63. The molecule has 0 unspecified atom stereocenters. The van der Waals surface area contributed by atoms with Gasteiger partial charge in [-0.2, -0.15) is 0 Å². The van der Waals surface area contributed by atoms with Gasteiger partial charge in [-0.3, -0.25) is 4.79 Å². The first-order valence-corrected chi connectivity index (χ1v) is 7.80. The normalized spacial score (nSPS) is 11.6. The van der Waals surface area contributed by atoms with E-state index < -0.39 is 0 Å². The van der Waals surface area contributed by atoms with E-state index in [2.05, 4.69) is 43.5 Å². The minimum Gasteiger partial charge on any atom is -0.383 e. The lowest BCUT2D eigenvalue weighted by molar-refractivity contribution is -0.121. The largest absolute Gasteiger partial charge is 0.383 e. The van der Waals surface area contributed by atoms with Gasteiger partial charge < -0.3 is 15.4 Å². The van der Waals surface area contributed by atoms with Crippen LogP contribution in [0.25, 0.3) is 0 Å². The maximum absolute atomic E-state index is 11.5. The van der Waals surface area contributed by atoms with Crippen molar-refractivity contribution in [3.63, 3.8) is 0 Å². The highest BCUT2D eigenvalue weighted by Gasteiger charge is 2.15. The van der Waals surface area contributed by atoms with Crippen LogP contribution in [0.15, 0.2) is 12.1 Å². The Balaban J connectivity index is 2.18. The van der Waals surface area contributed by atoms with Gasteiger partial charge in [0.1, 0.15) is 0 Å². The molecule has 5 heteroatoms. The standard InChI is InChI=1S/C15H26N2O2S/c1-15(2,3)13-6-5-12(20-13)11-16-8-7-14(18)17-9-10-19-4/h5-6,16H,7-11H2,1-4H3,(H,17,18). The third-order valence-electron chi connectivity index (χ3n) is 2.86. The quantitative estimate of drug-likeness (QED) is 0.724. The van der Waals surface area contributed by atoms with Gasteiger partial charge in [-0.15, -0.1) is 11.3 Å². The molecule has 0 saturated heterocycles. The molecule has 2 N–H and O–H groups in total. The summed E-state index contributed by atoms with van der Waals surface area (Å²) in [5, 5.41) is 6.11. The molecule has 1 rings (SSSR count). The molecule has 0 aliphatic heterocycles. The number of nitrogens with one attached hydrogen (secondary N) is 2. The van der Waals surface area contributed by atoms with Gasteiger partial charge in [-0.1, -0.05) is 20.8 Å². The maximum Gasteiger partial charge on any atom is 0.221 e. The zero-order valence-corrected chi connectivity index (χ0v) is 13.7. The Morgan fingerprint density at radius 3 is 2.65 bits per heavy atom. The van der Waals surface area contributed by atoms with E-state index >= 15 is 0 Å². The van der Waals surface area contributed by atoms with Crippen LogP contribution < -0.4 is 10.6 Å². The molecule has 0 fully saturated rings. The Morgan fingerprint density at radius 2 is 2.05 bits per heavy atom. The molecule has 1 aromatic heterocycles. The van der Waals surface area contributed by atoms with Crippen molar-refractivity contribution >= 4 is 17.2 Å². The van der Waals surface area contributed by atoms with Gasteiger partial charge >= 0.3 is 0 Å². The van der Waals surface area contributed by atoms with E-state index in [1.807, 2.05) is 11.3 Å². The van der Waals surface area contributed by atoms with Crippen molar-refractivity contribution in [2.45, 2.75) is 39.2 Å². The van der Waals surface area contributed by atoms with Gasteiger partial charge in [-0.25, -0.2) is 0 Å². The van der Waals surface area contributed by atoms with E-state index in [4.69, 9.17) is 4.74 Å². The summed E-state index contributed by atoms with van der Waals surface area (Å²) in [6, 6.07) is 4.36. The van der Waals surface area contributed by atoms with Crippen molar-refractivity contribution < 1.29 is 9.53 Å². The van der Waals surface area contributed by atoms with Crippen molar-refractivity contribution in [2.24, 2.45) is 0 Å². The number of methoxy groups -OCH3 is 1. The van der Waals surface area contributed by atoms with Gasteiger partial charge in [-0.05, 0) is 17.5 Å². The summed E-state index contributed by atoms with van der Waals surface area (Å²) in [6.45, 7) is 9.33. The molecule has 0 aliphatic carbocycles. The van der Waals surface area contributed by atoms with Gasteiger partial charge in [0.25, 0.3) is 0 Å². The number of carbonyl (C=O) groups excluding carboxylic acids is 1. The SMILES string of the molecule is COCCNC(=O)CCNCc1ccc(C(C)(C)C)s1. The number of thiophene rings is 1. The van der Waals surface area contributed by atoms with E-state index in [1.165, 1.54) is 9.75 Å². The second-order valence-electron chi connectivity index (χ2n) is 5.79. The van der Waals surface area contributed by atoms with Crippen LogP contribution >= 0.6 is 11.3 Å². The van der Waals surface area contributed by atoms with Crippen LogP contribution in [0.2, 0.25) is 0 Å². The number of ether oxygens (including phenoxy) is 1. The van der Waals surface area contributed by atoms with Crippen LogP contribution in [0.1, 0.15) is 36.9 Å². The Bertz CT molecular complexity index is 410. The minimum atomic E-state index is 0.0658.